The molecule has 2 saturated heterocycles. The molecule has 5 heterocycles. The topological polar surface area (TPSA) is 74.8 Å². The Morgan fingerprint density at radius 1 is 1.10 bits per heavy atom. The first-order valence-electron chi connectivity index (χ1n) is 10.7. The summed E-state index contributed by atoms with van der Waals surface area (Å²) in [6.07, 6.45) is 5.51. The van der Waals surface area contributed by atoms with Crippen molar-refractivity contribution in [3.63, 3.8) is 0 Å². The van der Waals surface area contributed by atoms with Crippen molar-refractivity contribution in [1.29, 1.82) is 0 Å². The number of aliphatic imine (C=N–C) groups is 1. The lowest BCUT2D eigenvalue weighted by Crippen LogP contribution is -2.28. The van der Waals surface area contributed by atoms with E-state index >= 15 is 0 Å². The molecule has 0 amide bonds. The van der Waals surface area contributed by atoms with Gasteiger partial charge in [-0.25, -0.2) is 4.98 Å². The van der Waals surface area contributed by atoms with E-state index < -0.39 is 0 Å². The molecule has 0 saturated carbocycles. The molecule has 2 aliphatic heterocycles. The van der Waals surface area contributed by atoms with Crippen molar-refractivity contribution >= 4 is 17.8 Å². The van der Waals surface area contributed by atoms with Crippen molar-refractivity contribution in [1.82, 2.24) is 29.5 Å². The molecule has 3 aromatic heterocycles. The van der Waals surface area contributed by atoms with Gasteiger partial charge in [-0.15, -0.1) is 5.10 Å². The zero-order valence-electron chi connectivity index (χ0n) is 17.8. The molecule has 2 aliphatic rings. The molecule has 156 valence electrons. The number of rotatable bonds is 5. The molecule has 0 aliphatic carbocycles. The highest BCUT2D eigenvalue weighted by Gasteiger charge is 2.39. The van der Waals surface area contributed by atoms with Crippen LogP contribution in [0.4, 0.5) is 5.82 Å². The summed E-state index contributed by atoms with van der Waals surface area (Å²) >= 11 is 0. The Balaban J connectivity index is 1.53. The zero-order valence-corrected chi connectivity index (χ0v) is 17.8. The quantitative estimate of drug-likeness (QED) is 0.608. The third-order valence-corrected chi connectivity index (χ3v) is 5.93. The van der Waals surface area contributed by atoms with Gasteiger partial charge in [-0.2, -0.15) is 9.50 Å². The van der Waals surface area contributed by atoms with E-state index in [1.807, 2.05) is 22.9 Å². The highest BCUT2D eigenvalue weighted by Crippen LogP contribution is 2.33. The first kappa shape index (κ1) is 19.1. The van der Waals surface area contributed by atoms with Crippen LogP contribution in [0.15, 0.2) is 35.6 Å². The third-order valence-electron chi connectivity index (χ3n) is 5.93. The van der Waals surface area contributed by atoms with Crippen molar-refractivity contribution in [3.05, 3.63) is 36.3 Å². The molecule has 3 aromatic rings. The van der Waals surface area contributed by atoms with Gasteiger partial charge in [0.25, 0.3) is 5.78 Å². The lowest BCUT2D eigenvalue weighted by Gasteiger charge is -2.22. The van der Waals surface area contributed by atoms with E-state index in [1.54, 1.807) is 12.4 Å². The molecule has 8 nitrogen and oxygen atoms in total. The minimum atomic E-state index is 0.425. The molecule has 5 rings (SSSR count). The number of aromatic nitrogens is 5. The van der Waals surface area contributed by atoms with Gasteiger partial charge in [-0.05, 0) is 36.9 Å². The Morgan fingerprint density at radius 3 is 2.53 bits per heavy atom. The predicted molar refractivity (Wildman–Crippen MR) is 118 cm³/mol. The van der Waals surface area contributed by atoms with Crippen molar-refractivity contribution < 1.29 is 0 Å². The van der Waals surface area contributed by atoms with E-state index in [2.05, 4.69) is 46.7 Å². The number of nitrogens with zero attached hydrogens (tertiary/aromatic N) is 8. The molecule has 30 heavy (non-hydrogen) atoms. The maximum absolute atomic E-state index is 4.81. The van der Waals surface area contributed by atoms with E-state index in [0.717, 1.165) is 30.2 Å². The van der Waals surface area contributed by atoms with Crippen LogP contribution in [-0.4, -0.2) is 68.9 Å². The van der Waals surface area contributed by atoms with Gasteiger partial charge in [0.15, 0.2) is 5.82 Å². The minimum Gasteiger partial charge on any atom is -0.356 e. The van der Waals surface area contributed by atoms with Crippen molar-refractivity contribution in [3.8, 4) is 11.4 Å². The van der Waals surface area contributed by atoms with Gasteiger partial charge >= 0.3 is 0 Å². The second-order valence-corrected chi connectivity index (χ2v) is 8.87. The van der Waals surface area contributed by atoms with E-state index in [4.69, 9.17) is 15.1 Å². The normalized spacial score (nSPS) is 22.1. The Kier molecular flexibility index (Phi) is 4.94. The fourth-order valence-electron chi connectivity index (χ4n) is 4.60. The monoisotopic (exact) mass is 404 g/mol. The summed E-state index contributed by atoms with van der Waals surface area (Å²) in [7, 11) is 2.22. The maximum atomic E-state index is 4.81. The summed E-state index contributed by atoms with van der Waals surface area (Å²) in [6, 6.07) is 6.00. The van der Waals surface area contributed by atoms with Gasteiger partial charge in [-0.1, -0.05) is 13.8 Å². The molecular formula is C22H28N8. The predicted octanol–water partition coefficient (Wildman–Crippen LogP) is 2.41. The lowest BCUT2D eigenvalue weighted by molar-refractivity contribution is 0.386. The van der Waals surface area contributed by atoms with Gasteiger partial charge in [0.05, 0.1) is 12.2 Å². The molecule has 2 unspecified atom stereocenters. The summed E-state index contributed by atoms with van der Waals surface area (Å²) in [5, 5.41) is 4.81. The van der Waals surface area contributed by atoms with Crippen molar-refractivity contribution in [2.24, 2.45) is 22.7 Å². The number of hydrogen-bond acceptors (Lipinski definition) is 7. The van der Waals surface area contributed by atoms with Gasteiger partial charge in [0, 0.05) is 56.4 Å². The summed E-state index contributed by atoms with van der Waals surface area (Å²) in [5.74, 6) is 4.22. The van der Waals surface area contributed by atoms with E-state index in [9.17, 15) is 0 Å². The number of pyridine rings is 1. The van der Waals surface area contributed by atoms with Gasteiger partial charge < -0.3 is 9.80 Å². The fraction of sp³-hybridized carbons (Fsp3) is 0.500. The second kappa shape index (κ2) is 7.75. The third kappa shape index (κ3) is 3.67. The van der Waals surface area contributed by atoms with Crippen molar-refractivity contribution in [2.45, 2.75) is 20.4 Å². The first-order valence-corrected chi connectivity index (χ1v) is 10.7. The molecule has 2 fully saturated rings. The van der Waals surface area contributed by atoms with Crippen LogP contribution in [0.2, 0.25) is 0 Å². The fourth-order valence-corrected chi connectivity index (χ4v) is 4.60. The van der Waals surface area contributed by atoms with Crippen LogP contribution in [-0.2, 0) is 6.54 Å². The Labute approximate surface area is 176 Å². The number of anilines is 1. The van der Waals surface area contributed by atoms with Crippen LogP contribution in [0.3, 0.4) is 0 Å². The standard InChI is InChI=1S/C22H28N8/c1-15(2)9-24-10-19-8-20(29-13-17-11-28(3)12-18(17)14-29)30-22(25-19)26-21(27-30)16-4-6-23-7-5-16/h4-9,15,17-18H,10-14H2,1-3H3. The average molecular weight is 405 g/mol. The molecular weight excluding hydrogens is 376 g/mol. The second-order valence-electron chi connectivity index (χ2n) is 8.87. The molecule has 0 spiro atoms. The lowest BCUT2D eigenvalue weighted by atomic mass is 10.0. The highest BCUT2D eigenvalue weighted by molar-refractivity contribution is 5.60. The largest absolute Gasteiger partial charge is 0.356 e. The summed E-state index contributed by atoms with van der Waals surface area (Å²) < 4.78 is 1.90. The highest BCUT2D eigenvalue weighted by atomic mass is 15.4. The SMILES string of the molecule is CC(C)C=NCc1cc(N2CC3CN(C)CC3C2)n2nc(-c3ccncc3)nc2n1. The minimum absolute atomic E-state index is 0.425. The average Bonchev–Trinajstić information content (AvgIpc) is 3.40. The molecule has 2 atom stereocenters. The maximum Gasteiger partial charge on any atom is 0.254 e. The Bertz CT molecular complexity index is 1040. The molecule has 0 N–H and O–H groups in total. The van der Waals surface area contributed by atoms with Gasteiger partial charge in [0.1, 0.15) is 5.82 Å². The van der Waals surface area contributed by atoms with Crippen molar-refractivity contribution in [2.75, 3.05) is 38.1 Å². The number of hydrogen-bond donors (Lipinski definition) is 0. The number of fused-ring (bicyclic) bond motifs is 2. The van der Waals surface area contributed by atoms with Crippen LogP contribution in [0.5, 0.6) is 0 Å². The molecule has 8 heteroatoms. The molecule has 0 bridgehead atoms. The van der Waals surface area contributed by atoms with Gasteiger partial charge in [0.2, 0.25) is 0 Å². The van der Waals surface area contributed by atoms with E-state index in [-0.39, 0.29) is 0 Å². The Morgan fingerprint density at radius 2 is 1.83 bits per heavy atom. The molecule has 0 radical (unpaired) electrons. The van der Waals surface area contributed by atoms with Gasteiger partial charge in [-0.3, -0.25) is 9.98 Å². The number of likely N-dealkylation sites (tertiary alicyclic amines) is 1. The summed E-state index contributed by atoms with van der Waals surface area (Å²) in [4.78, 5) is 23.1. The van der Waals surface area contributed by atoms with E-state index in [0.29, 0.717) is 35.9 Å². The Hall–Kier alpha value is -2.87. The summed E-state index contributed by atoms with van der Waals surface area (Å²) in [5.41, 5.74) is 1.87. The van der Waals surface area contributed by atoms with Crippen LogP contribution >= 0.6 is 0 Å². The van der Waals surface area contributed by atoms with Crippen LogP contribution < -0.4 is 4.90 Å². The molecule has 0 aromatic carbocycles. The van der Waals surface area contributed by atoms with Crippen LogP contribution in [0, 0.1) is 17.8 Å². The zero-order chi connectivity index (χ0) is 20.7. The van der Waals surface area contributed by atoms with E-state index in [1.165, 1.54) is 13.1 Å². The first-order chi connectivity index (χ1) is 14.6. The van der Waals surface area contributed by atoms with Crippen LogP contribution in [0.25, 0.3) is 17.2 Å². The van der Waals surface area contributed by atoms with Crippen LogP contribution in [0.1, 0.15) is 19.5 Å². The smallest absolute Gasteiger partial charge is 0.254 e. The summed E-state index contributed by atoms with van der Waals surface area (Å²) in [6.45, 7) is 9.25.